The standard InChI is InChI=1S/C13H20F3N3/c1-5-8(2)9(3)18-12-7-10(13(14,15)16)6-11(17-4)19-12/h6-9H,5H2,1-4H3,(H2,17,18,19). The molecule has 6 heteroatoms. The highest BCUT2D eigenvalue weighted by atomic mass is 19.4. The number of nitrogens with one attached hydrogen (secondary N) is 2. The zero-order valence-electron chi connectivity index (χ0n) is 11.6. The summed E-state index contributed by atoms with van der Waals surface area (Å²) in [6.07, 6.45) is -3.42. The molecule has 1 rings (SSSR count). The average Bonchev–Trinajstić information content (AvgIpc) is 2.36. The van der Waals surface area contributed by atoms with Crippen LogP contribution in [0.4, 0.5) is 24.8 Å². The van der Waals surface area contributed by atoms with Crippen molar-refractivity contribution in [2.45, 2.75) is 39.4 Å². The lowest BCUT2D eigenvalue weighted by atomic mass is 10.0. The number of hydrogen-bond donors (Lipinski definition) is 2. The van der Waals surface area contributed by atoms with Gasteiger partial charge in [-0.3, -0.25) is 0 Å². The Balaban J connectivity index is 3.01. The number of rotatable bonds is 5. The minimum atomic E-state index is -4.37. The van der Waals surface area contributed by atoms with E-state index >= 15 is 0 Å². The number of alkyl halides is 3. The molecule has 1 aromatic heterocycles. The third-order valence-electron chi connectivity index (χ3n) is 3.28. The second-order valence-corrected chi connectivity index (χ2v) is 4.69. The number of halogens is 3. The second kappa shape index (κ2) is 6.12. The Kier molecular flexibility index (Phi) is 5.03. The maximum Gasteiger partial charge on any atom is 0.416 e. The minimum absolute atomic E-state index is 0.0608. The third-order valence-corrected chi connectivity index (χ3v) is 3.28. The first kappa shape index (κ1) is 15.6. The van der Waals surface area contributed by atoms with Crippen molar-refractivity contribution in [3.05, 3.63) is 17.7 Å². The van der Waals surface area contributed by atoms with E-state index in [0.29, 0.717) is 5.92 Å². The molecule has 2 N–H and O–H groups in total. The summed E-state index contributed by atoms with van der Waals surface area (Å²) in [4.78, 5) is 4.10. The molecule has 0 aliphatic carbocycles. The zero-order chi connectivity index (χ0) is 14.6. The molecule has 2 atom stereocenters. The van der Waals surface area contributed by atoms with Crippen LogP contribution in [0.25, 0.3) is 0 Å². The van der Waals surface area contributed by atoms with Gasteiger partial charge in [-0.1, -0.05) is 20.3 Å². The summed E-state index contributed by atoms with van der Waals surface area (Å²) in [7, 11) is 1.55. The van der Waals surface area contributed by atoms with Crippen LogP contribution in [0, 0.1) is 5.92 Å². The van der Waals surface area contributed by atoms with Gasteiger partial charge in [0.25, 0.3) is 0 Å². The molecule has 0 spiro atoms. The van der Waals surface area contributed by atoms with E-state index < -0.39 is 11.7 Å². The van der Waals surface area contributed by atoms with E-state index in [9.17, 15) is 13.2 Å². The Bertz CT molecular complexity index is 418. The summed E-state index contributed by atoms with van der Waals surface area (Å²) in [5, 5.41) is 5.67. The molecule has 0 saturated carbocycles. The fourth-order valence-electron chi connectivity index (χ4n) is 1.63. The first-order valence-corrected chi connectivity index (χ1v) is 6.31. The summed E-state index contributed by atoms with van der Waals surface area (Å²) in [5.74, 6) is 0.801. The zero-order valence-corrected chi connectivity index (χ0v) is 11.6. The summed E-state index contributed by atoms with van der Waals surface area (Å²) in [5.41, 5.74) is -0.703. The van der Waals surface area contributed by atoms with Gasteiger partial charge in [-0.25, -0.2) is 4.98 Å². The van der Waals surface area contributed by atoms with Gasteiger partial charge in [0.2, 0.25) is 0 Å². The Morgan fingerprint density at radius 3 is 2.26 bits per heavy atom. The molecule has 0 radical (unpaired) electrons. The first-order valence-electron chi connectivity index (χ1n) is 6.31. The minimum Gasteiger partial charge on any atom is -0.373 e. The van der Waals surface area contributed by atoms with Crippen LogP contribution in [-0.2, 0) is 6.18 Å². The fourth-order valence-corrected chi connectivity index (χ4v) is 1.63. The maximum atomic E-state index is 12.8. The van der Waals surface area contributed by atoms with Crippen LogP contribution in [0.15, 0.2) is 12.1 Å². The van der Waals surface area contributed by atoms with E-state index in [1.165, 1.54) is 0 Å². The second-order valence-electron chi connectivity index (χ2n) is 4.69. The van der Waals surface area contributed by atoms with Crippen molar-refractivity contribution in [2.75, 3.05) is 17.7 Å². The van der Waals surface area contributed by atoms with Crippen molar-refractivity contribution in [2.24, 2.45) is 5.92 Å². The van der Waals surface area contributed by atoms with Crippen LogP contribution < -0.4 is 10.6 Å². The molecule has 0 amide bonds. The predicted molar refractivity (Wildman–Crippen MR) is 71.3 cm³/mol. The monoisotopic (exact) mass is 275 g/mol. The van der Waals surface area contributed by atoms with Crippen LogP contribution in [0.5, 0.6) is 0 Å². The van der Waals surface area contributed by atoms with Crippen LogP contribution >= 0.6 is 0 Å². The predicted octanol–water partition coefficient (Wildman–Crippen LogP) is 3.99. The smallest absolute Gasteiger partial charge is 0.373 e. The average molecular weight is 275 g/mol. The fraction of sp³-hybridized carbons (Fsp3) is 0.615. The highest BCUT2D eigenvalue weighted by Gasteiger charge is 2.31. The van der Waals surface area contributed by atoms with E-state index in [1.807, 2.05) is 20.8 Å². The first-order chi connectivity index (χ1) is 8.77. The molecular formula is C13H20F3N3. The summed E-state index contributed by atoms with van der Waals surface area (Å²) in [6.45, 7) is 6.03. The molecule has 1 heterocycles. The van der Waals surface area contributed by atoms with Crippen LogP contribution in [0.1, 0.15) is 32.8 Å². The van der Waals surface area contributed by atoms with E-state index in [0.717, 1.165) is 18.6 Å². The van der Waals surface area contributed by atoms with Crippen molar-refractivity contribution in [1.29, 1.82) is 0 Å². The lowest BCUT2D eigenvalue weighted by molar-refractivity contribution is -0.137. The summed E-state index contributed by atoms with van der Waals surface area (Å²) < 4.78 is 38.3. The van der Waals surface area contributed by atoms with Gasteiger partial charge < -0.3 is 10.6 Å². The van der Waals surface area contributed by atoms with Crippen molar-refractivity contribution < 1.29 is 13.2 Å². The van der Waals surface area contributed by atoms with Gasteiger partial charge >= 0.3 is 6.18 Å². The highest BCUT2D eigenvalue weighted by Crippen LogP contribution is 2.32. The van der Waals surface area contributed by atoms with Gasteiger partial charge in [0.15, 0.2) is 0 Å². The van der Waals surface area contributed by atoms with Gasteiger partial charge in [-0.05, 0) is 25.0 Å². The SMILES string of the molecule is CCC(C)C(C)Nc1cc(C(F)(F)F)cc(NC)n1. The lowest BCUT2D eigenvalue weighted by Gasteiger charge is -2.21. The molecule has 0 aliphatic heterocycles. The van der Waals surface area contributed by atoms with Gasteiger partial charge in [0, 0.05) is 13.1 Å². The molecule has 19 heavy (non-hydrogen) atoms. The van der Waals surface area contributed by atoms with Crippen LogP contribution in [0.2, 0.25) is 0 Å². The van der Waals surface area contributed by atoms with Gasteiger partial charge in [-0.2, -0.15) is 13.2 Å². The number of pyridine rings is 1. The molecule has 2 unspecified atom stereocenters. The maximum absolute atomic E-state index is 12.8. The molecule has 3 nitrogen and oxygen atoms in total. The Morgan fingerprint density at radius 2 is 1.79 bits per heavy atom. The lowest BCUT2D eigenvalue weighted by Crippen LogP contribution is -2.24. The van der Waals surface area contributed by atoms with E-state index in [1.54, 1.807) is 7.05 Å². The van der Waals surface area contributed by atoms with Crippen molar-refractivity contribution in [1.82, 2.24) is 4.98 Å². The summed E-state index contributed by atoms with van der Waals surface area (Å²) in [6, 6.07) is 2.10. The quantitative estimate of drug-likeness (QED) is 0.853. The molecule has 0 bridgehead atoms. The van der Waals surface area contributed by atoms with Gasteiger partial charge in [0.05, 0.1) is 5.56 Å². The molecule has 108 valence electrons. The molecule has 0 aliphatic rings. The number of nitrogens with zero attached hydrogens (tertiary/aromatic N) is 1. The van der Waals surface area contributed by atoms with Crippen LogP contribution in [-0.4, -0.2) is 18.1 Å². The number of aromatic nitrogens is 1. The van der Waals surface area contributed by atoms with Crippen molar-refractivity contribution in [3.8, 4) is 0 Å². The van der Waals surface area contributed by atoms with Crippen LogP contribution in [0.3, 0.4) is 0 Å². The largest absolute Gasteiger partial charge is 0.416 e. The van der Waals surface area contributed by atoms with E-state index in [4.69, 9.17) is 0 Å². The molecule has 0 fully saturated rings. The van der Waals surface area contributed by atoms with Gasteiger partial charge in [0.1, 0.15) is 11.6 Å². The molecular weight excluding hydrogens is 255 g/mol. The number of anilines is 2. The van der Waals surface area contributed by atoms with E-state index in [-0.39, 0.29) is 17.7 Å². The third kappa shape index (κ3) is 4.29. The Morgan fingerprint density at radius 1 is 1.21 bits per heavy atom. The topological polar surface area (TPSA) is 37.0 Å². The molecule has 1 aromatic rings. The number of hydrogen-bond acceptors (Lipinski definition) is 3. The highest BCUT2D eigenvalue weighted by molar-refractivity contribution is 5.49. The van der Waals surface area contributed by atoms with E-state index in [2.05, 4.69) is 15.6 Å². The van der Waals surface area contributed by atoms with Crippen molar-refractivity contribution >= 4 is 11.6 Å². The molecule has 0 aromatic carbocycles. The Labute approximate surface area is 111 Å². The summed E-state index contributed by atoms with van der Waals surface area (Å²) >= 11 is 0. The normalized spacial score (nSPS) is 14.9. The Hall–Kier alpha value is -1.46. The van der Waals surface area contributed by atoms with Gasteiger partial charge in [-0.15, -0.1) is 0 Å². The van der Waals surface area contributed by atoms with Crippen molar-refractivity contribution in [3.63, 3.8) is 0 Å². The molecule has 0 saturated heterocycles.